The van der Waals surface area contributed by atoms with Gasteiger partial charge in [-0.2, -0.15) is 0 Å². The number of nitrogens with two attached hydrogens (primary N) is 1. The summed E-state index contributed by atoms with van der Waals surface area (Å²) < 4.78 is 1.58. The van der Waals surface area contributed by atoms with Crippen LogP contribution in [0.1, 0.15) is 67.0 Å². The second-order valence-electron chi connectivity index (χ2n) is 11.0. The van der Waals surface area contributed by atoms with Crippen molar-refractivity contribution in [2.45, 2.75) is 63.1 Å². The zero-order valence-corrected chi connectivity index (χ0v) is 23.3. The van der Waals surface area contributed by atoms with Gasteiger partial charge in [0.15, 0.2) is 17.1 Å². The highest BCUT2D eigenvalue weighted by atomic mass is 35.5. The number of nitrogens with one attached hydrogen (secondary N) is 3. The van der Waals surface area contributed by atoms with Crippen LogP contribution in [-0.4, -0.2) is 43.4 Å². The van der Waals surface area contributed by atoms with Gasteiger partial charge in [0.25, 0.3) is 5.91 Å². The highest BCUT2D eigenvalue weighted by Gasteiger charge is 2.27. The Morgan fingerprint density at radius 1 is 0.976 bits per heavy atom. The minimum absolute atomic E-state index is 0.0930. The molecule has 3 heterocycles. The van der Waals surface area contributed by atoms with E-state index in [-0.39, 0.29) is 17.7 Å². The van der Waals surface area contributed by atoms with Crippen molar-refractivity contribution in [1.82, 2.24) is 19.6 Å². The number of imidazole rings is 1. The number of amides is 1. The van der Waals surface area contributed by atoms with Crippen molar-refractivity contribution in [3.8, 4) is 0 Å². The quantitative estimate of drug-likeness (QED) is 0.189. The van der Waals surface area contributed by atoms with Crippen LogP contribution in [0.5, 0.6) is 0 Å². The van der Waals surface area contributed by atoms with E-state index in [0.717, 1.165) is 49.8 Å². The van der Waals surface area contributed by atoms with E-state index in [0.29, 0.717) is 46.4 Å². The molecule has 10 nitrogen and oxygen atoms in total. The molecule has 2 saturated carbocycles. The lowest BCUT2D eigenvalue weighted by atomic mass is 9.82. The minimum Gasteiger partial charge on any atom is -0.379 e. The lowest BCUT2D eigenvalue weighted by Crippen LogP contribution is -2.30. The van der Waals surface area contributed by atoms with E-state index in [2.05, 4.69) is 25.9 Å². The summed E-state index contributed by atoms with van der Waals surface area (Å²) in [6.45, 7) is 0. The van der Waals surface area contributed by atoms with Crippen LogP contribution in [0.2, 0.25) is 5.15 Å². The van der Waals surface area contributed by atoms with Gasteiger partial charge in [-0.3, -0.25) is 9.59 Å². The molecule has 11 heteroatoms. The molecule has 0 radical (unpaired) electrons. The first-order valence-electron chi connectivity index (χ1n) is 14.1. The molecule has 6 rings (SSSR count). The van der Waals surface area contributed by atoms with E-state index in [4.69, 9.17) is 22.4 Å². The Morgan fingerprint density at radius 3 is 2.44 bits per heavy atom. The Kier molecular flexibility index (Phi) is 7.84. The SMILES string of the molecule is N[C@H](C(=O)CC1CCC(Nc2cc(NC3CC3)c3ncc(C(=O)Nc4ccnc(Cl)c4)n3n2)CC1)c1ccccc1. The van der Waals surface area contributed by atoms with Crippen molar-refractivity contribution in [2.24, 2.45) is 11.7 Å². The number of benzene rings is 1. The maximum absolute atomic E-state index is 13.2. The van der Waals surface area contributed by atoms with Gasteiger partial charge in [-0.05, 0) is 62.1 Å². The zero-order chi connectivity index (χ0) is 28.3. The fraction of sp³-hybridized carbons (Fsp3) is 0.367. The summed E-state index contributed by atoms with van der Waals surface area (Å²) >= 11 is 5.98. The number of anilines is 3. The van der Waals surface area contributed by atoms with Crippen molar-refractivity contribution in [3.05, 3.63) is 77.3 Å². The first-order chi connectivity index (χ1) is 19.9. The average molecular weight is 573 g/mol. The van der Waals surface area contributed by atoms with E-state index in [9.17, 15) is 9.59 Å². The molecule has 0 bridgehead atoms. The van der Waals surface area contributed by atoms with Crippen LogP contribution >= 0.6 is 11.6 Å². The molecule has 2 fully saturated rings. The molecule has 3 aromatic heterocycles. The summed E-state index contributed by atoms with van der Waals surface area (Å²) in [6.07, 6.45) is 9.49. The van der Waals surface area contributed by atoms with Gasteiger partial charge in [-0.1, -0.05) is 41.9 Å². The van der Waals surface area contributed by atoms with E-state index in [1.807, 2.05) is 36.4 Å². The van der Waals surface area contributed by atoms with Crippen LogP contribution in [0.25, 0.3) is 5.65 Å². The van der Waals surface area contributed by atoms with Gasteiger partial charge in [0.05, 0.1) is 17.9 Å². The third-order valence-electron chi connectivity index (χ3n) is 7.82. The Balaban J connectivity index is 1.13. The summed E-state index contributed by atoms with van der Waals surface area (Å²) in [5.74, 6) is 0.741. The van der Waals surface area contributed by atoms with Crippen molar-refractivity contribution >= 4 is 46.1 Å². The summed E-state index contributed by atoms with van der Waals surface area (Å²) in [6, 6.07) is 14.8. The van der Waals surface area contributed by atoms with Gasteiger partial charge >= 0.3 is 0 Å². The molecule has 1 atom stereocenters. The Morgan fingerprint density at radius 2 is 1.71 bits per heavy atom. The topological polar surface area (TPSA) is 139 Å². The molecule has 41 heavy (non-hydrogen) atoms. The first kappa shape index (κ1) is 27.2. The lowest BCUT2D eigenvalue weighted by molar-refractivity contribution is -0.121. The molecule has 212 valence electrons. The molecule has 5 N–H and O–H groups in total. The predicted octanol–water partition coefficient (Wildman–Crippen LogP) is 5.23. The molecule has 0 unspecified atom stereocenters. The fourth-order valence-electron chi connectivity index (χ4n) is 5.40. The number of carbonyl (C=O) groups excluding carboxylic acids is 2. The number of hydrogen-bond donors (Lipinski definition) is 4. The van der Waals surface area contributed by atoms with Gasteiger partial charge in [-0.25, -0.2) is 14.5 Å². The third-order valence-corrected chi connectivity index (χ3v) is 8.02. The Labute approximate surface area is 243 Å². The molecule has 4 aromatic rings. The van der Waals surface area contributed by atoms with Gasteiger partial charge in [0.1, 0.15) is 11.0 Å². The van der Waals surface area contributed by atoms with Crippen LogP contribution in [0.3, 0.4) is 0 Å². The minimum atomic E-state index is -0.572. The first-order valence-corrected chi connectivity index (χ1v) is 14.5. The average Bonchev–Trinajstić information content (AvgIpc) is 3.69. The molecule has 0 aliphatic heterocycles. The number of nitrogens with zero attached hydrogens (tertiary/aromatic N) is 4. The van der Waals surface area contributed by atoms with E-state index < -0.39 is 6.04 Å². The van der Waals surface area contributed by atoms with E-state index in [1.165, 1.54) is 12.4 Å². The second kappa shape index (κ2) is 11.8. The monoisotopic (exact) mass is 572 g/mol. The summed E-state index contributed by atoms with van der Waals surface area (Å²) in [5.41, 5.74) is 9.38. The second-order valence-corrected chi connectivity index (χ2v) is 11.4. The van der Waals surface area contributed by atoms with Gasteiger partial charge < -0.3 is 21.7 Å². The number of rotatable bonds is 10. The smallest absolute Gasteiger partial charge is 0.276 e. The number of Topliss-reactive ketones (excluding diaryl/α,β-unsaturated/α-hetero) is 1. The Bertz CT molecular complexity index is 1550. The standard InChI is InChI=1S/C30H33ClN8O2/c31-26-15-22(12-13-33-26)37-30(41)24-17-34-29-23(35-20-10-11-20)16-27(38-39(24)29)36-21-8-6-18(7-9-21)14-25(40)28(32)19-4-2-1-3-5-19/h1-5,12-13,15-18,20-21,28,35H,6-11,14,32H2,(H,36,38)(H,33,37,41)/t18?,21?,28-/m0/s1. The van der Waals surface area contributed by atoms with Crippen LogP contribution in [0, 0.1) is 5.92 Å². The molecular weight excluding hydrogens is 540 g/mol. The molecule has 2 aliphatic carbocycles. The summed E-state index contributed by atoms with van der Waals surface area (Å²) in [4.78, 5) is 34.4. The highest BCUT2D eigenvalue weighted by Crippen LogP contribution is 2.32. The van der Waals surface area contributed by atoms with Crippen LogP contribution in [0.4, 0.5) is 17.2 Å². The summed E-state index contributed by atoms with van der Waals surface area (Å²) in [7, 11) is 0. The van der Waals surface area contributed by atoms with Crippen LogP contribution in [-0.2, 0) is 4.79 Å². The maximum Gasteiger partial charge on any atom is 0.276 e. The number of halogens is 1. The molecule has 0 spiro atoms. The number of pyridine rings is 1. The largest absolute Gasteiger partial charge is 0.379 e. The number of carbonyl (C=O) groups is 2. The van der Waals surface area contributed by atoms with Crippen molar-refractivity contribution in [2.75, 3.05) is 16.0 Å². The van der Waals surface area contributed by atoms with Gasteiger partial charge in [-0.15, -0.1) is 5.10 Å². The molecule has 0 saturated heterocycles. The van der Waals surface area contributed by atoms with Crippen molar-refractivity contribution < 1.29 is 9.59 Å². The normalized spacial score (nSPS) is 19.5. The Hall–Kier alpha value is -4.02. The number of hydrogen-bond acceptors (Lipinski definition) is 8. The van der Waals surface area contributed by atoms with E-state index >= 15 is 0 Å². The van der Waals surface area contributed by atoms with Gasteiger partial charge in [0, 0.05) is 36.5 Å². The molecule has 1 aromatic carbocycles. The van der Waals surface area contributed by atoms with Gasteiger partial charge in [0.2, 0.25) is 0 Å². The van der Waals surface area contributed by atoms with Crippen molar-refractivity contribution in [3.63, 3.8) is 0 Å². The van der Waals surface area contributed by atoms with Crippen LogP contribution < -0.4 is 21.7 Å². The molecular formula is C30H33ClN8O2. The molecule has 1 amide bonds. The zero-order valence-electron chi connectivity index (χ0n) is 22.6. The highest BCUT2D eigenvalue weighted by molar-refractivity contribution is 6.29. The molecule has 2 aliphatic rings. The number of ketones is 1. The van der Waals surface area contributed by atoms with Crippen molar-refractivity contribution in [1.29, 1.82) is 0 Å². The number of aromatic nitrogens is 4. The predicted molar refractivity (Wildman–Crippen MR) is 159 cm³/mol. The van der Waals surface area contributed by atoms with Crippen LogP contribution in [0.15, 0.2) is 60.9 Å². The fourth-order valence-corrected chi connectivity index (χ4v) is 5.57. The summed E-state index contributed by atoms with van der Waals surface area (Å²) in [5, 5.41) is 15.0. The maximum atomic E-state index is 13.2. The van der Waals surface area contributed by atoms with E-state index in [1.54, 1.807) is 16.6 Å². The number of fused-ring (bicyclic) bond motifs is 1. The lowest BCUT2D eigenvalue weighted by Gasteiger charge is -2.29. The third kappa shape index (κ3) is 6.49.